The molecule has 0 fully saturated rings. The van der Waals surface area contributed by atoms with E-state index >= 15 is 0 Å². The lowest BCUT2D eigenvalue weighted by Crippen LogP contribution is -2.30. The molecule has 0 radical (unpaired) electrons. The fraction of sp³-hybridized carbons (Fsp3) is 0.188. The SMILES string of the molecule is CC(c1ccccc1F)N(C)C(=O)c1cccc(O)c1O. The van der Waals surface area contributed by atoms with Gasteiger partial charge in [-0.1, -0.05) is 24.3 Å². The Hall–Kier alpha value is -2.56. The predicted molar refractivity (Wildman–Crippen MR) is 76.7 cm³/mol. The first kappa shape index (κ1) is 14.8. The average Bonchev–Trinajstić information content (AvgIpc) is 2.48. The monoisotopic (exact) mass is 289 g/mol. The van der Waals surface area contributed by atoms with E-state index in [4.69, 9.17) is 0 Å². The summed E-state index contributed by atoms with van der Waals surface area (Å²) in [7, 11) is 1.52. The second kappa shape index (κ2) is 5.83. The highest BCUT2D eigenvalue weighted by molar-refractivity contribution is 5.97. The first-order valence-corrected chi connectivity index (χ1v) is 6.46. The van der Waals surface area contributed by atoms with Crippen LogP contribution in [0.25, 0.3) is 0 Å². The second-order valence-electron chi connectivity index (χ2n) is 4.79. The van der Waals surface area contributed by atoms with Gasteiger partial charge in [0.2, 0.25) is 0 Å². The van der Waals surface area contributed by atoms with Crippen molar-refractivity contribution in [3.8, 4) is 11.5 Å². The molecule has 2 aromatic rings. The van der Waals surface area contributed by atoms with Gasteiger partial charge in [-0.3, -0.25) is 4.79 Å². The van der Waals surface area contributed by atoms with Gasteiger partial charge in [-0.15, -0.1) is 0 Å². The fourth-order valence-electron chi connectivity index (χ4n) is 2.09. The van der Waals surface area contributed by atoms with Gasteiger partial charge in [0, 0.05) is 12.6 Å². The summed E-state index contributed by atoms with van der Waals surface area (Å²) in [5.41, 5.74) is 0.355. The number of nitrogens with zero attached hydrogens (tertiary/aromatic N) is 1. The summed E-state index contributed by atoms with van der Waals surface area (Å²) in [6.07, 6.45) is 0. The maximum absolute atomic E-state index is 13.8. The van der Waals surface area contributed by atoms with Gasteiger partial charge < -0.3 is 15.1 Å². The molecule has 2 rings (SSSR count). The van der Waals surface area contributed by atoms with E-state index in [1.165, 1.54) is 36.2 Å². The van der Waals surface area contributed by atoms with Crippen LogP contribution in [0.2, 0.25) is 0 Å². The van der Waals surface area contributed by atoms with Crippen molar-refractivity contribution in [1.29, 1.82) is 0 Å². The van der Waals surface area contributed by atoms with Gasteiger partial charge >= 0.3 is 0 Å². The molecular formula is C16H16FNO3. The van der Waals surface area contributed by atoms with Crippen molar-refractivity contribution in [3.05, 3.63) is 59.4 Å². The number of hydrogen-bond acceptors (Lipinski definition) is 3. The van der Waals surface area contributed by atoms with Gasteiger partial charge in [0.15, 0.2) is 11.5 Å². The minimum atomic E-state index is -0.513. The highest BCUT2D eigenvalue weighted by Gasteiger charge is 2.23. The molecule has 2 N–H and O–H groups in total. The van der Waals surface area contributed by atoms with E-state index in [0.717, 1.165) is 0 Å². The molecule has 4 nitrogen and oxygen atoms in total. The Bertz CT molecular complexity index is 672. The summed E-state index contributed by atoms with van der Waals surface area (Å²) in [4.78, 5) is 13.7. The van der Waals surface area contributed by atoms with Crippen molar-refractivity contribution in [2.24, 2.45) is 0 Å². The number of hydrogen-bond donors (Lipinski definition) is 2. The minimum absolute atomic E-state index is 0.0271. The summed E-state index contributed by atoms with van der Waals surface area (Å²) in [6, 6.07) is 9.84. The van der Waals surface area contributed by atoms with Crippen LogP contribution in [0.5, 0.6) is 11.5 Å². The number of aromatic hydroxyl groups is 2. The lowest BCUT2D eigenvalue weighted by Gasteiger charge is -2.26. The molecule has 0 bridgehead atoms. The molecule has 1 amide bonds. The summed E-state index contributed by atoms with van der Waals surface area (Å²) < 4.78 is 13.8. The van der Waals surface area contributed by atoms with Crippen LogP contribution in [0.4, 0.5) is 4.39 Å². The van der Waals surface area contributed by atoms with Crippen molar-refractivity contribution < 1.29 is 19.4 Å². The zero-order valence-corrected chi connectivity index (χ0v) is 11.7. The van der Waals surface area contributed by atoms with Crippen LogP contribution in [0.3, 0.4) is 0 Å². The van der Waals surface area contributed by atoms with E-state index in [2.05, 4.69) is 0 Å². The Morgan fingerprint density at radius 1 is 1.14 bits per heavy atom. The molecule has 0 spiro atoms. The molecule has 0 aliphatic heterocycles. The third kappa shape index (κ3) is 2.81. The van der Waals surface area contributed by atoms with Crippen LogP contribution in [-0.4, -0.2) is 28.1 Å². The molecule has 21 heavy (non-hydrogen) atoms. The average molecular weight is 289 g/mol. The number of carbonyl (C=O) groups excluding carboxylic acids is 1. The first-order valence-electron chi connectivity index (χ1n) is 6.46. The first-order chi connectivity index (χ1) is 9.93. The molecule has 0 saturated heterocycles. The Morgan fingerprint density at radius 2 is 1.81 bits per heavy atom. The Labute approximate surface area is 122 Å². The minimum Gasteiger partial charge on any atom is -0.504 e. The van der Waals surface area contributed by atoms with Crippen molar-refractivity contribution in [2.45, 2.75) is 13.0 Å². The van der Waals surface area contributed by atoms with Crippen LogP contribution in [-0.2, 0) is 0 Å². The zero-order chi connectivity index (χ0) is 15.6. The third-order valence-corrected chi connectivity index (χ3v) is 3.50. The van der Waals surface area contributed by atoms with E-state index in [1.807, 2.05) is 0 Å². The maximum Gasteiger partial charge on any atom is 0.258 e. The van der Waals surface area contributed by atoms with Gasteiger partial charge in [0.1, 0.15) is 5.82 Å². The van der Waals surface area contributed by atoms with Crippen molar-refractivity contribution in [1.82, 2.24) is 4.90 Å². The molecule has 2 aromatic carbocycles. The number of phenols is 2. The quantitative estimate of drug-likeness (QED) is 0.854. The lowest BCUT2D eigenvalue weighted by molar-refractivity contribution is 0.0736. The Balaban J connectivity index is 2.31. The predicted octanol–water partition coefficient (Wildman–Crippen LogP) is 3.07. The summed E-state index contributed by atoms with van der Waals surface area (Å²) in [6.45, 7) is 1.69. The maximum atomic E-state index is 13.8. The largest absolute Gasteiger partial charge is 0.504 e. The molecule has 110 valence electrons. The number of carbonyl (C=O) groups is 1. The molecule has 0 aliphatic carbocycles. The van der Waals surface area contributed by atoms with Crippen LogP contribution in [0.1, 0.15) is 28.9 Å². The van der Waals surface area contributed by atoms with E-state index in [9.17, 15) is 19.4 Å². The second-order valence-corrected chi connectivity index (χ2v) is 4.79. The normalized spacial score (nSPS) is 12.0. The molecule has 0 aromatic heterocycles. The van der Waals surface area contributed by atoms with Crippen LogP contribution in [0.15, 0.2) is 42.5 Å². The van der Waals surface area contributed by atoms with E-state index in [1.54, 1.807) is 25.1 Å². The van der Waals surface area contributed by atoms with Gasteiger partial charge in [0.25, 0.3) is 5.91 Å². The highest BCUT2D eigenvalue weighted by Crippen LogP contribution is 2.31. The molecule has 1 unspecified atom stereocenters. The molecule has 0 aliphatic rings. The number of rotatable bonds is 3. The van der Waals surface area contributed by atoms with Crippen LogP contribution in [0, 0.1) is 5.82 Å². The van der Waals surface area contributed by atoms with Gasteiger partial charge in [-0.25, -0.2) is 4.39 Å². The van der Waals surface area contributed by atoms with Crippen molar-refractivity contribution in [2.75, 3.05) is 7.05 Å². The lowest BCUT2D eigenvalue weighted by atomic mass is 10.1. The van der Waals surface area contributed by atoms with E-state index in [0.29, 0.717) is 5.56 Å². The van der Waals surface area contributed by atoms with Gasteiger partial charge in [0.05, 0.1) is 11.6 Å². The Morgan fingerprint density at radius 3 is 2.48 bits per heavy atom. The topological polar surface area (TPSA) is 60.8 Å². The molecule has 0 saturated carbocycles. The number of benzene rings is 2. The Kier molecular flexibility index (Phi) is 4.12. The molecular weight excluding hydrogens is 273 g/mol. The summed E-state index contributed by atoms with van der Waals surface area (Å²) in [5, 5.41) is 19.2. The molecule has 5 heteroatoms. The van der Waals surface area contributed by atoms with E-state index in [-0.39, 0.29) is 11.3 Å². The molecule has 0 heterocycles. The third-order valence-electron chi connectivity index (χ3n) is 3.50. The zero-order valence-electron chi connectivity index (χ0n) is 11.7. The number of phenolic OH excluding ortho intramolecular Hbond substituents is 2. The number of amides is 1. The number of para-hydroxylation sites is 1. The number of halogens is 1. The summed E-state index contributed by atoms with van der Waals surface area (Å²) >= 11 is 0. The fourth-order valence-corrected chi connectivity index (χ4v) is 2.09. The van der Waals surface area contributed by atoms with Crippen molar-refractivity contribution in [3.63, 3.8) is 0 Å². The van der Waals surface area contributed by atoms with Gasteiger partial charge in [-0.05, 0) is 25.1 Å². The van der Waals surface area contributed by atoms with Crippen LogP contribution >= 0.6 is 0 Å². The standard InChI is InChI=1S/C16H16FNO3/c1-10(11-6-3-4-8-13(11)17)18(2)16(21)12-7-5-9-14(19)15(12)20/h3-10,19-20H,1-2H3. The highest BCUT2D eigenvalue weighted by atomic mass is 19.1. The van der Waals surface area contributed by atoms with Crippen LogP contribution < -0.4 is 0 Å². The smallest absolute Gasteiger partial charge is 0.258 e. The summed E-state index contributed by atoms with van der Waals surface area (Å²) in [5.74, 6) is -1.74. The van der Waals surface area contributed by atoms with Gasteiger partial charge in [-0.2, -0.15) is 0 Å². The molecule has 1 atom stereocenters. The van der Waals surface area contributed by atoms with E-state index < -0.39 is 23.5 Å². The van der Waals surface area contributed by atoms with Crippen molar-refractivity contribution >= 4 is 5.91 Å².